The zero-order valence-electron chi connectivity index (χ0n) is 22.4. The average molecular weight is 534 g/mol. The van der Waals surface area contributed by atoms with Crippen LogP contribution in [0.5, 0.6) is 0 Å². The van der Waals surface area contributed by atoms with Gasteiger partial charge in [0.15, 0.2) is 0 Å². The van der Waals surface area contributed by atoms with E-state index in [1.54, 1.807) is 42.6 Å². The van der Waals surface area contributed by atoms with Crippen LogP contribution in [0.1, 0.15) is 63.9 Å². The van der Waals surface area contributed by atoms with Gasteiger partial charge in [-0.05, 0) is 69.2 Å². The van der Waals surface area contributed by atoms with E-state index in [9.17, 15) is 19.6 Å². The van der Waals surface area contributed by atoms with Crippen LogP contribution >= 0.6 is 0 Å². The van der Waals surface area contributed by atoms with Crippen molar-refractivity contribution in [2.24, 2.45) is 0 Å². The predicted octanol–water partition coefficient (Wildman–Crippen LogP) is 4.75. The maximum Gasteiger partial charge on any atom is 0.407 e. The number of ether oxygens (including phenoxy) is 1. The number of pyridine rings is 1. The van der Waals surface area contributed by atoms with Gasteiger partial charge in [0.25, 0.3) is 11.8 Å². The van der Waals surface area contributed by atoms with Crippen molar-refractivity contribution in [3.05, 3.63) is 94.3 Å². The van der Waals surface area contributed by atoms with E-state index in [1.807, 2.05) is 39.0 Å². The van der Waals surface area contributed by atoms with E-state index in [-0.39, 0.29) is 6.04 Å². The fourth-order valence-electron chi connectivity index (χ4n) is 5.62. The topological polar surface area (TPSA) is 117 Å². The van der Waals surface area contributed by atoms with Gasteiger partial charge in [-0.3, -0.25) is 9.59 Å². The Morgan fingerprint density at radius 1 is 1.07 bits per heavy atom. The highest BCUT2D eigenvalue weighted by Gasteiger charge is 2.38. The highest BCUT2D eigenvalue weighted by atomic mass is 16.6. The number of alkyl carbamates (subject to hydrolysis) is 1. The van der Waals surface area contributed by atoms with Crippen LogP contribution in [0.2, 0.25) is 0 Å². The molecule has 2 aromatic heterocycles. The minimum atomic E-state index is -0.611. The number of fused-ring (bicyclic) bond motifs is 4. The quantitative estimate of drug-likeness (QED) is 0.379. The predicted molar refractivity (Wildman–Crippen MR) is 148 cm³/mol. The summed E-state index contributed by atoms with van der Waals surface area (Å²) >= 11 is 0. The number of hydrogen-bond donors (Lipinski definition) is 1. The lowest BCUT2D eigenvalue weighted by Gasteiger charge is -2.22. The fourth-order valence-corrected chi connectivity index (χ4v) is 5.62. The molecule has 0 saturated carbocycles. The summed E-state index contributed by atoms with van der Waals surface area (Å²) in [4.78, 5) is 44.6. The van der Waals surface area contributed by atoms with Crippen molar-refractivity contribution >= 4 is 34.6 Å². The molecule has 1 atom stereocenters. The highest BCUT2D eigenvalue weighted by Crippen LogP contribution is 2.36. The van der Waals surface area contributed by atoms with Crippen LogP contribution in [0, 0.1) is 11.3 Å². The van der Waals surface area contributed by atoms with Crippen LogP contribution in [0.3, 0.4) is 0 Å². The summed E-state index contributed by atoms with van der Waals surface area (Å²) < 4.78 is 7.59. The number of nitrogens with one attached hydrogen (secondary N) is 1. The summed E-state index contributed by atoms with van der Waals surface area (Å²) in [6.45, 7) is 5.80. The summed E-state index contributed by atoms with van der Waals surface area (Å²) in [6.07, 6.45) is 2.25. The van der Waals surface area contributed by atoms with E-state index in [1.165, 1.54) is 0 Å². The molecule has 2 aliphatic rings. The number of nitrogens with zero attached hydrogens (tertiary/aromatic N) is 4. The maximum atomic E-state index is 13.3. The molecule has 1 unspecified atom stereocenters. The second-order valence-corrected chi connectivity index (χ2v) is 11.1. The molecule has 1 aliphatic carbocycles. The molecule has 0 saturated heterocycles. The SMILES string of the molecule is CC(C)(C)OC(=O)NC1Cc2c(n(Cc3cccnc3N3C(=O)c4ccccc4C3=O)c3ccc(C#N)cc23)C1. The standard InChI is InChI=1S/C31H27N5O4/c1-31(2,3)40-30(39)34-20-14-24-23-13-18(16-32)10-11-25(23)35(26(24)15-20)17-19-7-6-12-33-27(19)36-28(37)21-8-4-5-9-22(21)29(36)38/h4-13,20H,14-15,17H2,1-3H3,(H,34,39). The van der Waals surface area contributed by atoms with Gasteiger partial charge in [-0.1, -0.05) is 18.2 Å². The van der Waals surface area contributed by atoms with Gasteiger partial charge in [-0.15, -0.1) is 0 Å². The second-order valence-electron chi connectivity index (χ2n) is 11.1. The first-order valence-electron chi connectivity index (χ1n) is 13.1. The monoisotopic (exact) mass is 533 g/mol. The lowest BCUT2D eigenvalue weighted by molar-refractivity contribution is 0.0506. The number of imide groups is 1. The number of amides is 3. The molecule has 0 bridgehead atoms. The lowest BCUT2D eigenvalue weighted by atomic mass is 10.1. The van der Waals surface area contributed by atoms with E-state index < -0.39 is 23.5 Å². The van der Waals surface area contributed by atoms with E-state index in [2.05, 4.69) is 20.9 Å². The van der Waals surface area contributed by atoms with Crippen LogP contribution in [0.15, 0.2) is 60.8 Å². The summed E-state index contributed by atoms with van der Waals surface area (Å²) in [5.41, 5.74) is 4.35. The first-order chi connectivity index (χ1) is 19.1. The minimum Gasteiger partial charge on any atom is -0.444 e. The number of hydrogen-bond acceptors (Lipinski definition) is 6. The van der Waals surface area contributed by atoms with Crippen LogP contribution in [-0.2, 0) is 24.1 Å². The fraction of sp³-hybridized carbons (Fsp3) is 0.258. The van der Waals surface area contributed by atoms with Gasteiger partial charge in [-0.25, -0.2) is 14.7 Å². The van der Waals surface area contributed by atoms with Gasteiger partial charge in [-0.2, -0.15) is 5.26 Å². The van der Waals surface area contributed by atoms with E-state index in [0.29, 0.717) is 47.5 Å². The van der Waals surface area contributed by atoms with Gasteiger partial charge < -0.3 is 14.6 Å². The van der Waals surface area contributed by atoms with Crippen molar-refractivity contribution in [3.63, 3.8) is 0 Å². The Bertz CT molecular complexity index is 1720. The third-order valence-corrected chi connectivity index (χ3v) is 7.23. The molecule has 3 amide bonds. The first-order valence-corrected chi connectivity index (χ1v) is 13.1. The van der Waals surface area contributed by atoms with Crippen LogP contribution in [0.25, 0.3) is 10.9 Å². The molecule has 2 aromatic carbocycles. The summed E-state index contributed by atoms with van der Waals surface area (Å²) in [7, 11) is 0. The number of nitriles is 1. The molecule has 0 radical (unpaired) electrons. The van der Waals surface area contributed by atoms with Gasteiger partial charge in [0.2, 0.25) is 0 Å². The Balaban J connectivity index is 1.38. The van der Waals surface area contributed by atoms with Crippen molar-refractivity contribution < 1.29 is 19.1 Å². The summed E-state index contributed by atoms with van der Waals surface area (Å²) in [6, 6.07) is 18.0. The summed E-state index contributed by atoms with van der Waals surface area (Å²) in [5, 5.41) is 13.5. The molecule has 9 heteroatoms. The van der Waals surface area contributed by atoms with E-state index in [0.717, 1.165) is 27.1 Å². The molecule has 0 spiro atoms. The second kappa shape index (κ2) is 9.35. The van der Waals surface area contributed by atoms with Crippen LogP contribution < -0.4 is 10.2 Å². The Morgan fingerprint density at radius 2 is 1.80 bits per heavy atom. The van der Waals surface area contributed by atoms with Gasteiger partial charge in [0, 0.05) is 40.8 Å². The molecule has 1 aliphatic heterocycles. The van der Waals surface area contributed by atoms with Gasteiger partial charge in [0.05, 0.1) is 29.3 Å². The Kier molecular flexibility index (Phi) is 5.91. The largest absolute Gasteiger partial charge is 0.444 e. The Hall–Kier alpha value is -4.97. The maximum absolute atomic E-state index is 13.3. The molecular weight excluding hydrogens is 506 g/mol. The normalized spacial score (nSPS) is 16.1. The van der Waals surface area contributed by atoms with Gasteiger partial charge in [0.1, 0.15) is 11.4 Å². The Morgan fingerprint density at radius 3 is 2.48 bits per heavy atom. The van der Waals surface area contributed by atoms with Crippen molar-refractivity contribution in [2.45, 2.75) is 51.8 Å². The van der Waals surface area contributed by atoms with Crippen molar-refractivity contribution in [3.8, 4) is 6.07 Å². The number of aromatic nitrogens is 2. The zero-order valence-corrected chi connectivity index (χ0v) is 22.4. The number of rotatable bonds is 4. The number of anilines is 1. The molecule has 3 heterocycles. The van der Waals surface area contributed by atoms with Gasteiger partial charge >= 0.3 is 6.09 Å². The summed E-state index contributed by atoms with van der Waals surface area (Å²) in [5.74, 6) is -0.508. The molecule has 1 N–H and O–H groups in total. The third kappa shape index (κ3) is 4.28. The molecule has 4 aromatic rings. The Labute approximate surface area is 231 Å². The molecule has 200 valence electrons. The molecule has 6 rings (SSSR count). The zero-order chi connectivity index (χ0) is 28.2. The molecule has 40 heavy (non-hydrogen) atoms. The lowest BCUT2D eigenvalue weighted by Crippen LogP contribution is -2.39. The first kappa shape index (κ1) is 25.3. The smallest absolute Gasteiger partial charge is 0.407 e. The van der Waals surface area contributed by atoms with Crippen molar-refractivity contribution in [1.82, 2.24) is 14.9 Å². The van der Waals surface area contributed by atoms with Crippen LogP contribution in [0.4, 0.5) is 10.6 Å². The average Bonchev–Trinajstić information content (AvgIpc) is 3.53. The van der Waals surface area contributed by atoms with Crippen molar-refractivity contribution in [2.75, 3.05) is 4.90 Å². The number of benzene rings is 2. The van der Waals surface area contributed by atoms with E-state index >= 15 is 0 Å². The molecular formula is C31H27N5O4. The van der Waals surface area contributed by atoms with E-state index in [4.69, 9.17) is 4.74 Å². The third-order valence-electron chi connectivity index (χ3n) is 7.23. The molecule has 0 fully saturated rings. The number of carbonyl (C=O) groups excluding carboxylic acids is 3. The number of carbonyl (C=O) groups is 3. The van der Waals surface area contributed by atoms with Crippen molar-refractivity contribution in [1.29, 1.82) is 5.26 Å². The minimum absolute atomic E-state index is 0.175. The van der Waals surface area contributed by atoms with Crippen LogP contribution in [-0.4, -0.2) is 39.1 Å². The highest BCUT2D eigenvalue weighted by molar-refractivity contribution is 6.34. The molecule has 9 nitrogen and oxygen atoms in total.